The van der Waals surface area contributed by atoms with E-state index in [9.17, 15) is 13.2 Å². The number of nitrogens with one attached hydrogen (secondary N) is 1. The number of anilines is 1. The van der Waals surface area contributed by atoms with Gasteiger partial charge in [-0.15, -0.1) is 0 Å². The number of fused-ring (bicyclic) bond motifs is 1. The lowest BCUT2D eigenvalue weighted by Crippen LogP contribution is -2.22. The third kappa shape index (κ3) is 4.13. The van der Waals surface area contributed by atoms with E-state index in [-0.39, 0.29) is 11.5 Å². The minimum Gasteiger partial charge on any atom is -0.381 e. The van der Waals surface area contributed by atoms with E-state index in [1.807, 2.05) is 0 Å². The minimum atomic E-state index is -4.42. The van der Waals surface area contributed by atoms with E-state index >= 15 is 0 Å². The number of nitrogens with zero attached hydrogens (tertiary/aromatic N) is 2. The predicted octanol–water partition coefficient (Wildman–Crippen LogP) is 3.60. The monoisotopic (exact) mass is 329 g/mol. The maximum atomic E-state index is 13.2. The fourth-order valence-corrected chi connectivity index (χ4v) is 3.33. The van der Waals surface area contributed by atoms with E-state index in [4.69, 9.17) is 4.74 Å². The van der Waals surface area contributed by atoms with Gasteiger partial charge in [-0.05, 0) is 50.9 Å². The average molecular weight is 329 g/mol. The molecule has 0 bridgehead atoms. The molecule has 1 aromatic heterocycles. The molecule has 1 aromatic rings. The molecule has 128 valence electrons. The summed E-state index contributed by atoms with van der Waals surface area (Å²) in [5, 5.41) is 2.98. The second-order valence-corrected chi connectivity index (χ2v) is 6.32. The standard InChI is InChI=1S/C16H22F3N3O/c17-16(18,19)14-12-5-1-2-6-13(12)21-15(22-14)20-8-7-11-4-3-9-23-10-11/h11H,1-10H2,(H,20,21,22). The van der Waals surface area contributed by atoms with Gasteiger partial charge in [-0.1, -0.05) is 0 Å². The number of alkyl halides is 3. The Kier molecular flexibility index (Phi) is 5.04. The van der Waals surface area contributed by atoms with Gasteiger partial charge in [0.05, 0.1) is 0 Å². The zero-order chi connectivity index (χ0) is 16.3. The number of aromatic nitrogens is 2. The number of hydrogen-bond acceptors (Lipinski definition) is 4. The lowest BCUT2D eigenvalue weighted by atomic mass is 9.94. The topological polar surface area (TPSA) is 47.0 Å². The molecule has 1 aliphatic carbocycles. The molecule has 3 rings (SSSR count). The van der Waals surface area contributed by atoms with Gasteiger partial charge < -0.3 is 10.1 Å². The van der Waals surface area contributed by atoms with E-state index in [2.05, 4.69) is 15.3 Å². The van der Waals surface area contributed by atoms with E-state index < -0.39 is 11.9 Å². The van der Waals surface area contributed by atoms with Crippen LogP contribution in [0.25, 0.3) is 0 Å². The van der Waals surface area contributed by atoms with Crippen molar-refractivity contribution < 1.29 is 17.9 Å². The highest BCUT2D eigenvalue weighted by Crippen LogP contribution is 2.35. The number of hydrogen-bond donors (Lipinski definition) is 1. The number of aryl methyl sites for hydroxylation is 1. The van der Waals surface area contributed by atoms with Crippen LogP contribution in [0.2, 0.25) is 0 Å². The van der Waals surface area contributed by atoms with Crippen LogP contribution in [0.1, 0.15) is 49.1 Å². The summed E-state index contributed by atoms with van der Waals surface area (Å²) in [6.07, 6.45) is 1.29. The normalized spacial score (nSPS) is 21.8. The Hall–Kier alpha value is -1.37. The summed E-state index contributed by atoms with van der Waals surface area (Å²) in [7, 11) is 0. The SMILES string of the molecule is FC(F)(F)c1nc(NCCC2CCCOC2)nc2c1CCCC2. The van der Waals surface area contributed by atoms with Crippen LogP contribution in [0.3, 0.4) is 0 Å². The molecule has 2 aliphatic rings. The highest BCUT2D eigenvalue weighted by molar-refractivity contribution is 5.37. The summed E-state index contributed by atoms with van der Waals surface area (Å²) in [6, 6.07) is 0. The molecule has 0 radical (unpaired) electrons. The highest BCUT2D eigenvalue weighted by Gasteiger charge is 2.37. The molecule has 23 heavy (non-hydrogen) atoms. The number of halogens is 3. The predicted molar refractivity (Wildman–Crippen MR) is 80.3 cm³/mol. The Balaban J connectivity index is 1.69. The fraction of sp³-hybridized carbons (Fsp3) is 0.750. The first-order valence-corrected chi connectivity index (χ1v) is 8.32. The second-order valence-electron chi connectivity index (χ2n) is 6.32. The Morgan fingerprint density at radius 1 is 1.13 bits per heavy atom. The summed E-state index contributed by atoms with van der Waals surface area (Å²) in [4.78, 5) is 8.08. The van der Waals surface area contributed by atoms with Crippen molar-refractivity contribution in [2.24, 2.45) is 5.92 Å². The molecule has 1 unspecified atom stereocenters. The molecule has 1 atom stereocenters. The van der Waals surface area contributed by atoms with Gasteiger partial charge in [0.15, 0.2) is 5.69 Å². The van der Waals surface area contributed by atoms with Crippen LogP contribution in [-0.2, 0) is 23.8 Å². The molecular weight excluding hydrogens is 307 g/mol. The molecule has 0 aromatic carbocycles. The first-order chi connectivity index (χ1) is 11.0. The van der Waals surface area contributed by atoms with E-state index in [1.165, 1.54) is 0 Å². The van der Waals surface area contributed by atoms with Gasteiger partial charge in [0, 0.05) is 31.0 Å². The zero-order valence-electron chi connectivity index (χ0n) is 13.1. The minimum absolute atomic E-state index is 0.106. The molecule has 0 amide bonds. The first kappa shape index (κ1) is 16.5. The van der Waals surface area contributed by atoms with Gasteiger partial charge in [0.25, 0.3) is 0 Å². The smallest absolute Gasteiger partial charge is 0.381 e. The van der Waals surface area contributed by atoms with Crippen LogP contribution in [0.4, 0.5) is 19.1 Å². The maximum Gasteiger partial charge on any atom is 0.433 e. The van der Waals surface area contributed by atoms with Gasteiger partial charge in [-0.2, -0.15) is 13.2 Å². The zero-order valence-corrected chi connectivity index (χ0v) is 13.1. The summed E-state index contributed by atoms with van der Waals surface area (Å²) >= 11 is 0. The Morgan fingerprint density at radius 3 is 2.70 bits per heavy atom. The van der Waals surface area contributed by atoms with Crippen LogP contribution >= 0.6 is 0 Å². The van der Waals surface area contributed by atoms with Gasteiger partial charge in [0.2, 0.25) is 5.95 Å². The first-order valence-electron chi connectivity index (χ1n) is 8.32. The second kappa shape index (κ2) is 7.03. The van der Waals surface area contributed by atoms with Crippen LogP contribution in [0, 0.1) is 5.92 Å². The van der Waals surface area contributed by atoms with Crippen molar-refractivity contribution in [2.45, 2.75) is 51.1 Å². The lowest BCUT2D eigenvalue weighted by molar-refractivity contribution is -0.142. The van der Waals surface area contributed by atoms with Crippen LogP contribution in [-0.4, -0.2) is 29.7 Å². The van der Waals surface area contributed by atoms with E-state index in [0.29, 0.717) is 31.0 Å². The number of rotatable bonds is 4. The van der Waals surface area contributed by atoms with Gasteiger partial charge in [-0.3, -0.25) is 0 Å². The quantitative estimate of drug-likeness (QED) is 0.917. The van der Waals surface area contributed by atoms with E-state index in [1.54, 1.807) is 0 Å². The molecule has 0 saturated carbocycles. The molecule has 1 saturated heterocycles. The maximum absolute atomic E-state index is 13.2. The van der Waals surface area contributed by atoms with Crippen molar-refractivity contribution in [2.75, 3.05) is 25.1 Å². The number of ether oxygens (including phenoxy) is 1. The van der Waals surface area contributed by atoms with Crippen molar-refractivity contribution in [3.8, 4) is 0 Å². The summed E-state index contributed by atoms with van der Waals surface area (Å²) < 4.78 is 45.1. The third-order valence-corrected chi connectivity index (χ3v) is 4.54. The molecule has 7 heteroatoms. The van der Waals surface area contributed by atoms with Crippen LogP contribution < -0.4 is 5.32 Å². The average Bonchev–Trinajstić information content (AvgIpc) is 2.54. The summed E-state index contributed by atoms with van der Waals surface area (Å²) in [5.74, 6) is 0.575. The Morgan fingerprint density at radius 2 is 1.96 bits per heavy atom. The highest BCUT2D eigenvalue weighted by atomic mass is 19.4. The Labute approximate surface area is 133 Å². The molecule has 0 spiro atoms. The molecule has 1 N–H and O–H groups in total. The van der Waals surface area contributed by atoms with Gasteiger partial charge in [-0.25, -0.2) is 9.97 Å². The summed E-state index contributed by atoms with van der Waals surface area (Å²) in [6.45, 7) is 2.12. The molecule has 2 heterocycles. The lowest BCUT2D eigenvalue weighted by Gasteiger charge is -2.23. The van der Waals surface area contributed by atoms with Crippen molar-refractivity contribution >= 4 is 5.95 Å². The summed E-state index contributed by atoms with van der Waals surface area (Å²) in [5.41, 5.74) is 0.0859. The van der Waals surface area contributed by atoms with Crippen molar-refractivity contribution in [3.05, 3.63) is 17.0 Å². The molecule has 4 nitrogen and oxygen atoms in total. The van der Waals surface area contributed by atoms with E-state index in [0.717, 1.165) is 45.3 Å². The van der Waals surface area contributed by atoms with Crippen molar-refractivity contribution in [1.29, 1.82) is 0 Å². The van der Waals surface area contributed by atoms with Gasteiger partial charge in [0.1, 0.15) is 0 Å². The van der Waals surface area contributed by atoms with Crippen LogP contribution in [0.5, 0.6) is 0 Å². The van der Waals surface area contributed by atoms with Gasteiger partial charge >= 0.3 is 6.18 Å². The molecule has 1 aliphatic heterocycles. The molecule has 1 fully saturated rings. The third-order valence-electron chi connectivity index (χ3n) is 4.54. The Bertz CT molecular complexity index is 542. The largest absolute Gasteiger partial charge is 0.433 e. The van der Waals surface area contributed by atoms with Crippen molar-refractivity contribution in [1.82, 2.24) is 9.97 Å². The van der Waals surface area contributed by atoms with Crippen LogP contribution in [0.15, 0.2) is 0 Å². The molecular formula is C16H22F3N3O. The van der Waals surface area contributed by atoms with Crippen molar-refractivity contribution in [3.63, 3.8) is 0 Å². The fourth-order valence-electron chi connectivity index (χ4n) is 3.33.